The van der Waals surface area contributed by atoms with E-state index in [4.69, 9.17) is 5.26 Å². The molecule has 0 atom stereocenters. The summed E-state index contributed by atoms with van der Waals surface area (Å²) in [6.07, 6.45) is 0. The first-order valence-corrected chi connectivity index (χ1v) is 6.16. The molecule has 102 valence electrons. The molecule has 0 fully saturated rings. The van der Waals surface area contributed by atoms with Crippen LogP contribution >= 0.6 is 0 Å². The number of para-hydroxylation sites is 1. The fourth-order valence-electron chi connectivity index (χ4n) is 1.86. The summed E-state index contributed by atoms with van der Waals surface area (Å²) in [5.74, 6) is 0.374. The summed E-state index contributed by atoms with van der Waals surface area (Å²) in [6, 6.07) is 9.67. The minimum atomic E-state index is -0.359. The third kappa shape index (κ3) is 2.52. The maximum atomic E-state index is 12.1. The predicted octanol–water partition coefficient (Wildman–Crippen LogP) is 1.48. The molecule has 1 aromatic carbocycles. The lowest BCUT2D eigenvalue weighted by Crippen LogP contribution is -2.28. The van der Waals surface area contributed by atoms with Gasteiger partial charge >= 0.3 is 0 Å². The van der Waals surface area contributed by atoms with Crippen LogP contribution in [-0.2, 0) is 0 Å². The number of hydrogen-bond donors (Lipinski definition) is 0. The van der Waals surface area contributed by atoms with Crippen molar-refractivity contribution in [3.63, 3.8) is 0 Å². The third-order valence-corrected chi connectivity index (χ3v) is 2.96. The van der Waals surface area contributed by atoms with E-state index in [1.54, 1.807) is 18.7 Å². The summed E-state index contributed by atoms with van der Waals surface area (Å²) in [7, 11) is 1.55. The third-order valence-electron chi connectivity index (χ3n) is 2.96. The number of benzene rings is 1. The van der Waals surface area contributed by atoms with Crippen LogP contribution in [0.3, 0.4) is 0 Å². The van der Waals surface area contributed by atoms with Crippen molar-refractivity contribution in [1.29, 1.82) is 5.26 Å². The molecule has 0 bridgehead atoms. The lowest BCUT2D eigenvalue weighted by atomic mass is 10.2. The SMILES string of the molecule is Cc1ccccc1-n1nc(C(=O)N(C)CC#N)nc1C. The Balaban J connectivity index is 2.39. The van der Waals surface area contributed by atoms with Crippen LogP contribution in [-0.4, -0.2) is 39.2 Å². The highest BCUT2D eigenvalue weighted by Crippen LogP contribution is 2.14. The number of nitrogens with zero attached hydrogens (tertiary/aromatic N) is 5. The molecule has 0 N–H and O–H groups in total. The lowest BCUT2D eigenvalue weighted by Gasteiger charge is -2.09. The van der Waals surface area contributed by atoms with Crippen molar-refractivity contribution in [3.8, 4) is 11.8 Å². The summed E-state index contributed by atoms with van der Waals surface area (Å²) in [5, 5.41) is 12.9. The van der Waals surface area contributed by atoms with Crippen LogP contribution in [0.25, 0.3) is 5.69 Å². The number of amides is 1. The smallest absolute Gasteiger partial charge is 0.294 e. The van der Waals surface area contributed by atoms with E-state index in [1.807, 2.05) is 37.3 Å². The Bertz CT molecular complexity index is 683. The maximum Gasteiger partial charge on any atom is 0.294 e. The second kappa shape index (κ2) is 5.53. The first-order chi connectivity index (χ1) is 9.54. The minimum Gasteiger partial charge on any atom is -0.326 e. The fraction of sp³-hybridized carbons (Fsp3) is 0.286. The van der Waals surface area contributed by atoms with E-state index < -0.39 is 0 Å². The molecule has 0 aliphatic carbocycles. The summed E-state index contributed by atoms with van der Waals surface area (Å²) in [4.78, 5) is 17.5. The highest BCUT2D eigenvalue weighted by atomic mass is 16.2. The maximum absolute atomic E-state index is 12.1. The Morgan fingerprint density at radius 1 is 1.40 bits per heavy atom. The Hall–Kier alpha value is -2.68. The number of nitriles is 1. The van der Waals surface area contributed by atoms with Gasteiger partial charge in [0.25, 0.3) is 5.91 Å². The lowest BCUT2D eigenvalue weighted by molar-refractivity contribution is 0.0800. The number of carbonyl (C=O) groups is 1. The second-order valence-electron chi connectivity index (χ2n) is 4.50. The van der Waals surface area contributed by atoms with E-state index in [9.17, 15) is 4.79 Å². The molecule has 0 radical (unpaired) electrons. The first-order valence-electron chi connectivity index (χ1n) is 6.16. The van der Waals surface area contributed by atoms with E-state index >= 15 is 0 Å². The van der Waals surface area contributed by atoms with Gasteiger partial charge in [-0.1, -0.05) is 18.2 Å². The average Bonchev–Trinajstić information content (AvgIpc) is 2.80. The van der Waals surface area contributed by atoms with Crippen molar-refractivity contribution in [2.24, 2.45) is 0 Å². The largest absolute Gasteiger partial charge is 0.326 e. The molecule has 0 saturated heterocycles. The van der Waals surface area contributed by atoms with E-state index in [0.29, 0.717) is 5.82 Å². The van der Waals surface area contributed by atoms with Crippen LogP contribution in [0, 0.1) is 25.2 Å². The van der Waals surface area contributed by atoms with Gasteiger partial charge in [0.05, 0.1) is 11.8 Å². The molecule has 1 amide bonds. The Morgan fingerprint density at radius 3 is 2.75 bits per heavy atom. The van der Waals surface area contributed by atoms with E-state index in [1.165, 1.54) is 4.90 Å². The van der Waals surface area contributed by atoms with Gasteiger partial charge in [-0.25, -0.2) is 9.67 Å². The van der Waals surface area contributed by atoms with Gasteiger partial charge in [-0.15, -0.1) is 5.10 Å². The van der Waals surface area contributed by atoms with Crippen LogP contribution in [0.2, 0.25) is 0 Å². The molecule has 20 heavy (non-hydrogen) atoms. The quantitative estimate of drug-likeness (QED) is 0.791. The van der Waals surface area contributed by atoms with Gasteiger partial charge in [-0.2, -0.15) is 5.26 Å². The van der Waals surface area contributed by atoms with Gasteiger partial charge in [-0.3, -0.25) is 4.79 Å². The Morgan fingerprint density at radius 2 is 2.10 bits per heavy atom. The van der Waals surface area contributed by atoms with Crippen molar-refractivity contribution >= 4 is 5.91 Å². The highest BCUT2D eigenvalue weighted by molar-refractivity contribution is 5.90. The van der Waals surface area contributed by atoms with Crippen molar-refractivity contribution in [1.82, 2.24) is 19.7 Å². The standard InChI is InChI=1S/C14H15N5O/c1-10-6-4-5-7-12(10)19-11(2)16-13(17-19)14(20)18(3)9-8-15/h4-7H,9H2,1-3H3. The van der Waals surface area contributed by atoms with Crippen molar-refractivity contribution < 1.29 is 4.79 Å². The van der Waals surface area contributed by atoms with Gasteiger partial charge in [0.1, 0.15) is 12.4 Å². The molecule has 1 aromatic heterocycles. The van der Waals surface area contributed by atoms with Crippen molar-refractivity contribution in [2.45, 2.75) is 13.8 Å². The van der Waals surface area contributed by atoms with Crippen LogP contribution in [0.4, 0.5) is 0 Å². The van der Waals surface area contributed by atoms with Gasteiger partial charge in [0.2, 0.25) is 5.82 Å². The fourth-order valence-corrected chi connectivity index (χ4v) is 1.86. The average molecular weight is 269 g/mol. The molecule has 2 rings (SSSR count). The summed E-state index contributed by atoms with van der Waals surface area (Å²) in [5.41, 5.74) is 1.93. The minimum absolute atomic E-state index is 0.0107. The monoisotopic (exact) mass is 269 g/mol. The molecule has 0 saturated carbocycles. The number of carbonyl (C=O) groups excluding carboxylic acids is 1. The van der Waals surface area contributed by atoms with Crippen LogP contribution in [0.1, 0.15) is 22.0 Å². The normalized spacial score (nSPS) is 10.1. The predicted molar refractivity (Wildman–Crippen MR) is 73.4 cm³/mol. The van der Waals surface area contributed by atoms with E-state index in [-0.39, 0.29) is 18.3 Å². The van der Waals surface area contributed by atoms with Gasteiger partial charge in [0.15, 0.2) is 0 Å². The number of hydrogen-bond acceptors (Lipinski definition) is 4. The zero-order chi connectivity index (χ0) is 14.7. The molecule has 0 unspecified atom stereocenters. The summed E-state index contributed by atoms with van der Waals surface area (Å²) >= 11 is 0. The van der Waals surface area contributed by atoms with Crippen LogP contribution in [0.15, 0.2) is 24.3 Å². The summed E-state index contributed by atoms with van der Waals surface area (Å²) in [6.45, 7) is 3.77. The van der Waals surface area contributed by atoms with E-state index in [2.05, 4.69) is 10.1 Å². The van der Waals surface area contributed by atoms with Crippen LogP contribution < -0.4 is 0 Å². The van der Waals surface area contributed by atoms with Crippen LogP contribution in [0.5, 0.6) is 0 Å². The molecule has 0 spiro atoms. The second-order valence-corrected chi connectivity index (χ2v) is 4.50. The molecular weight excluding hydrogens is 254 g/mol. The zero-order valence-corrected chi connectivity index (χ0v) is 11.7. The summed E-state index contributed by atoms with van der Waals surface area (Å²) < 4.78 is 1.64. The highest BCUT2D eigenvalue weighted by Gasteiger charge is 2.19. The molecule has 6 nitrogen and oxygen atoms in total. The van der Waals surface area contributed by atoms with Gasteiger partial charge < -0.3 is 4.90 Å². The molecule has 0 aliphatic heterocycles. The Kier molecular flexibility index (Phi) is 3.80. The number of aryl methyl sites for hydroxylation is 2. The van der Waals surface area contributed by atoms with Crippen molar-refractivity contribution in [2.75, 3.05) is 13.6 Å². The molecule has 1 heterocycles. The van der Waals surface area contributed by atoms with Gasteiger partial charge in [0, 0.05) is 7.05 Å². The zero-order valence-electron chi connectivity index (χ0n) is 11.7. The topological polar surface area (TPSA) is 74.8 Å². The molecule has 2 aromatic rings. The Labute approximate surface area is 117 Å². The number of rotatable bonds is 3. The van der Waals surface area contributed by atoms with Gasteiger partial charge in [-0.05, 0) is 25.5 Å². The molecular formula is C14H15N5O. The first kappa shape index (κ1) is 13.7. The number of aromatic nitrogens is 3. The van der Waals surface area contributed by atoms with E-state index in [0.717, 1.165) is 11.3 Å². The molecule has 6 heteroatoms. The van der Waals surface area contributed by atoms with Crippen molar-refractivity contribution in [3.05, 3.63) is 41.5 Å². The molecule has 0 aliphatic rings.